The molecule has 0 aliphatic carbocycles. The van der Waals surface area contributed by atoms with Crippen LogP contribution in [0.25, 0.3) is 0 Å². The van der Waals surface area contributed by atoms with Gasteiger partial charge < -0.3 is 175 Å². The zero-order chi connectivity index (χ0) is 56.1. The Morgan fingerprint density at radius 2 is 0.325 bits per heavy atom. The van der Waals surface area contributed by atoms with Crippen LogP contribution in [0, 0.1) is 0 Å². The van der Waals surface area contributed by atoms with Crippen LogP contribution >= 0.6 is 0 Å². The summed E-state index contributed by atoms with van der Waals surface area (Å²) in [6, 6.07) is 0. The van der Waals surface area contributed by atoms with Crippen molar-refractivity contribution in [3.63, 3.8) is 0 Å². The van der Waals surface area contributed by atoms with Crippen LogP contribution in [0.2, 0.25) is 0 Å². The lowest BCUT2D eigenvalue weighted by molar-refractivity contribution is -0.396. The molecule has 0 amide bonds. The maximum absolute atomic E-state index is 11.4. The van der Waals surface area contributed by atoms with E-state index in [1.807, 2.05) is 0 Å². The topological polar surface area (TPSA) is 566 Å². The van der Waals surface area contributed by atoms with E-state index in [1.165, 1.54) is 0 Å². The average Bonchev–Trinajstić information content (AvgIpc) is 3.45. The zero-order valence-electron chi connectivity index (χ0n) is 40.5. The van der Waals surface area contributed by atoms with Crippen molar-refractivity contribution in [2.75, 3.05) is 46.1 Å². The molecule has 23 N–H and O–H groups in total. The van der Waals surface area contributed by atoms with Gasteiger partial charge in [-0.05, 0) is 0 Å². The predicted molar refractivity (Wildman–Crippen MR) is 232 cm³/mol. The monoisotopic (exact) mass is 1130 g/mol. The molecule has 448 valence electrons. The quantitative estimate of drug-likeness (QED) is 0.113. The van der Waals surface area contributed by atoms with Gasteiger partial charge in [0, 0.05) is 13.1 Å². The Kier molecular flexibility index (Phi) is 20.8. The lowest BCUT2D eigenvalue weighted by atomic mass is 9.95. The summed E-state index contributed by atoms with van der Waals surface area (Å²) in [6.45, 7) is -6.17. The van der Waals surface area contributed by atoms with Crippen molar-refractivity contribution in [2.24, 2.45) is 11.5 Å². The van der Waals surface area contributed by atoms with Crippen molar-refractivity contribution < 1.29 is 163 Å². The molecule has 0 unspecified atom stereocenters. The highest BCUT2D eigenvalue weighted by atomic mass is 16.8. The zero-order valence-corrected chi connectivity index (χ0v) is 40.5. The molecule has 0 spiro atoms. The number of aliphatic hydroxyl groups excluding tert-OH is 19. The maximum atomic E-state index is 11.4. The number of nitrogens with two attached hydrogens (primary N) is 2. The summed E-state index contributed by atoms with van der Waals surface area (Å²) in [6.07, 6.45) is -68.1. The fourth-order valence-corrected chi connectivity index (χ4v) is 10.5. The van der Waals surface area contributed by atoms with E-state index < -0.39 is 261 Å². The number of ether oxygens (including phenoxy) is 14. The summed E-state index contributed by atoms with van der Waals surface area (Å²) in [5, 5.41) is 210. The van der Waals surface area contributed by atoms with Crippen LogP contribution in [0.4, 0.5) is 0 Å². The molecule has 21 aliphatic rings. The largest absolute Gasteiger partial charge is 0.394 e. The van der Waals surface area contributed by atoms with Crippen molar-refractivity contribution in [2.45, 2.75) is 215 Å². The highest BCUT2D eigenvalue weighted by Crippen LogP contribution is 2.39. The summed E-state index contributed by atoms with van der Waals surface area (Å²) in [5.74, 6) is 0. The molecule has 0 radical (unpaired) electrons. The predicted octanol–water partition coefficient (Wildman–Crippen LogP) is -15.3. The van der Waals surface area contributed by atoms with Crippen LogP contribution in [0.1, 0.15) is 0 Å². The minimum Gasteiger partial charge on any atom is -0.394 e. The molecule has 0 aromatic carbocycles. The molecule has 21 heterocycles. The van der Waals surface area contributed by atoms with Gasteiger partial charge in [-0.3, -0.25) is 0 Å². The van der Waals surface area contributed by atoms with Crippen molar-refractivity contribution in [3.8, 4) is 0 Å². The van der Waals surface area contributed by atoms with Gasteiger partial charge in [-0.1, -0.05) is 0 Å². The van der Waals surface area contributed by atoms with Gasteiger partial charge in [0.05, 0.1) is 33.0 Å². The van der Waals surface area contributed by atoms with Crippen LogP contribution in [-0.4, -0.2) is 358 Å². The molecule has 21 aliphatic heterocycles. The highest BCUT2D eigenvalue weighted by molar-refractivity contribution is 5.02. The standard InChI is InChI=1S/C42H72N2O33/c43-1-8-29-16(51)23(58)37(65-8)73-31-10(3-45)67-39(25(60)18(31)53)75-33-12(5-47)69-41(27(62)20(33)55)77-35-14(7-49)70-42(28(63)21(35)56)76-34-13(6-48)68-40(26(61)19(34)54)74-32-11(4-46)66-38(24(59)17(32)52)72-30-9(2-44)64-36(71-29)22(57)15(30)50/h8-42,45-63H,1-7,43-44H2/t8-,9-,10-,11-,12-,13-,14-,15-,16-,17-,18-,19-,20-,21-,22-,23-,24-,25-,26-,27-,28-,29-,30-,31-,32-,33-,34-,35-,36-,37-,38-,39-,40-,41-,42-/m1/s1. The molecule has 0 aromatic heterocycles. The maximum Gasteiger partial charge on any atom is 0.187 e. The van der Waals surface area contributed by atoms with Crippen LogP contribution < -0.4 is 11.5 Å². The first-order valence-corrected chi connectivity index (χ1v) is 24.8. The van der Waals surface area contributed by atoms with Crippen LogP contribution in [0.15, 0.2) is 0 Å². The van der Waals surface area contributed by atoms with Crippen molar-refractivity contribution in [1.29, 1.82) is 0 Å². The van der Waals surface area contributed by atoms with Gasteiger partial charge in [0.15, 0.2) is 44.0 Å². The third kappa shape index (κ3) is 12.1. The van der Waals surface area contributed by atoms with Crippen molar-refractivity contribution in [3.05, 3.63) is 0 Å². The normalized spacial score (nSPS) is 55.4. The number of rotatable bonds is 7. The first kappa shape index (κ1) is 61.7. The van der Waals surface area contributed by atoms with Gasteiger partial charge in [0.25, 0.3) is 0 Å². The van der Waals surface area contributed by atoms with Gasteiger partial charge in [0.2, 0.25) is 0 Å². The summed E-state index contributed by atoms with van der Waals surface area (Å²) in [5.41, 5.74) is 11.9. The molecule has 77 heavy (non-hydrogen) atoms. The van der Waals surface area contributed by atoms with Gasteiger partial charge in [-0.2, -0.15) is 0 Å². The van der Waals surface area contributed by atoms with E-state index >= 15 is 0 Å². The first-order valence-electron chi connectivity index (χ1n) is 24.8. The average molecular weight is 1130 g/mol. The molecular weight excluding hydrogens is 1060 g/mol. The fraction of sp³-hybridized carbons (Fsp3) is 1.00. The molecule has 35 heteroatoms. The second kappa shape index (κ2) is 26.0. The van der Waals surface area contributed by atoms with Gasteiger partial charge >= 0.3 is 0 Å². The Morgan fingerprint density at radius 3 is 0.455 bits per heavy atom. The van der Waals surface area contributed by atoms with E-state index in [9.17, 15) is 97.0 Å². The highest BCUT2D eigenvalue weighted by Gasteiger charge is 2.59. The SMILES string of the molecule is NC[C@H]1O[C@@H]2O[C@H]3[C@H](O)[C@@H](O)[C@@H](O[C@H]4[C@H](O)[C@@H](O)[C@@H](O[C@H]5[C@H](O)[C@@H](O)[C@@H](O[C@H]6[C@H](O)[C@@H](O)[C@@H](O[C@H]7[C@H](O)[C@@H](O)[C@@H](O[C@H]8[C@H](O)[C@@H](O)[C@@H](O[C@H]1[C@H](O)[C@H]2O)O[C@@H]8CN)O[C@@H]7CO)O[C@@H]6CO)O[C@@H]5CO)O[C@@H]4CO)O[C@@H]3CO. The molecule has 21 saturated heterocycles. The van der Waals surface area contributed by atoms with E-state index in [4.69, 9.17) is 77.8 Å². The molecule has 0 saturated carbocycles. The van der Waals surface area contributed by atoms with Crippen molar-refractivity contribution >= 4 is 0 Å². The third-order valence-corrected chi connectivity index (χ3v) is 14.9. The number of aliphatic hydroxyl groups is 19. The second-order valence-electron chi connectivity index (χ2n) is 19.8. The molecule has 21 fully saturated rings. The molecular formula is C42H72N2O33. The minimum absolute atomic E-state index is 0.522. The van der Waals surface area contributed by atoms with Crippen LogP contribution in [-0.2, 0) is 66.3 Å². The minimum atomic E-state index is -2.19. The smallest absolute Gasteiger partial charge is 0.187 e. The van der Waals surface area contributed by atoms with E-state index in [0.29, 0.717) is 0 Å². The molecule has 14 bridgehead atoms. The molecule has 35 atom stereocenters. The van der Waals surface area contributed by atoms with Crippen LogP contribution in [0.3, 0.4) is 0 Å². The van der Waals surface area contributed by atoms with E-state index in [0.717, 1.165) is 0 Å². The first-order chi connectivity index (χ1) is 36.7. The van der Waals surface area contributed by atoms with Gasteiger partial charge in [0.1, 0.15) is 171 Å². The van der Waals surface area contributed by atoms with E-state index in [1.54, 1.807) is 0 Å². The van der Waals surface area contributed by atoms with Gasteiger partial charge in [-0.25, -0.2) is 0 Å². The molecule has 35 nitrogen and oxygen atoms in total. The van der Waals surface area contributed by atoms with E-state index in [2.05, 4.69) is 0 Å². The van der Waals surface area contributed by atoms with Crippen LogP contribution in [0.5, 0.6) is 0 Å². The summed E-state index contributed by atoms with van der Waals surface area (Å²) in [4.78, 5) is 0. The lowest BCUT2D eigenvalue weighted by Crippen LogP contribution is -2.68. The Bertz CT molecular complexity index is 1480. The number of hydrogen-bond donors (Lipinski definition) is 21. The second-order valence-corrected chi connectivity index (χ2v) is 19.8. The Hall–Kier alpha value is -1.40. The lowest BCUT2D eigenvalue weighted by Gasteiger charge is -2.50. The Labute approximate surface area is 435 Å². The fourth-order valence-electron chi connectivity index (χ4n) is 10.5. The summed E-state index contributed by atoms with van der Waals surface area (Å²) in [7, 11) is 0. The molecule has 0 aromatic rings. The number of hydrogen-bond acceptors (Lipinski definition) is 35. The molecule has 21 rings (SSSR count). The summed E-state index contributed by atoms with van der Waals surface area (Å²) >= 11 is 0. The summed E-state index contributed by atoms with van der Waals surface area (Å²) < 4.78 is 80.3. The third-order valence-electron chi connectivity index (χ3n) is 14.9. The van der Waals surface area contributed by atoms with E-state index in [-0.39, 0.29) is 0 Å². The van der Waals surface area contributed by atoms with Crippen molar-refractivity contribution in [1.82, 2.24) is 0 Å². The Balaban J connectivity index is 1.08. The van der Waals surface area contributed by atoms with Gasteiger partial charge in [-0.15, -0.1) is 0 Å². The Morgan fingerprint density at radius 1 is 0.195 bits per heavy atom.